The molecule has 1 amide bonds. The highest BCUT2D eigenvalue weighted by molar-refractivity contribution is 9.10. The minimum absolute atomic E-state index is 0.147. The van der Waals surface area contributed by atoms with E-state index in [1.54, 1.807) is 18.7 Å². The van der Waals surface area contributed by atoms with Crippen LogP contribution in [0.5, 0.6) is 0 Å². The first kappa shape index (κ1) is 13.3. The molecule has 15 heavy (non-hydrogen) atoms. The highest BCUT2D eigenvalue weighted by atomic mass is 79.9. The van der Waals surface area contributed by atoms with E-state index >= 15 is 0 Å². The van der Waals surface area contributed by atoms with Crippen molar-refractivity contribution >= 4 is 43.4 Å². The number of sulfone groups is 1. The molecule has 1 saturated heterocycles. The summed E-state index contributed by atoms with van der Waals surface area (Å²) < 4.78 is 23.0. The van der Waals surface area contributed by atoms with Gasteiger partial charge in [-0.1, -0.05) is 15.9 Å². The van der Waals surface area contributed by atoms with Gasteiger partial charge in [0, 0.05) is 24.3 Å². The van der Waals surface area contributed by atoms with Gasteiger partial charge in [0.2, 0.25) is 5.91 Å². The van der Waals surface area contributed by atoms with Crippen LogP contribution in [0, 0.1) is 0 Å². The molecule has 0 aromatic rings. The average Bonchev–Trinajstić information content (AvgIpc) is 2.15. The molecule has 2 unspecified atom stereocenters. The van der Waals surface area contributed by atoms with Crippen LogP contribution in [0.4, 0.5) is 0 Å². The van der Waals surface area contributed by atoms with Crippen LogP contribution in [0.3, 0.4) is 0 Å². The maximum Gasteiger partial charge on any atom is 0.237 e. The average molecular weight is 316 g/mol. The van der Waals surface area contributed by atoms with Crippen LogP contribution in [0.1, 0.15) is 6.92 Å². The Kier molecular flexibility index (Phi) is 4.49. The Morgan fingerprint density at radius 2 is 2.20 bits per heavy atom. The molecule has 2 atom stereocenters. The second-order valence-corrected chi connectivity index (χ2v) is 8.23. The predicted octanol–water partition coefficient (Wildman–Crippen LogP) is 0.716. The summed E-state index contributed by atoms with van der Waals surface area (Å²) in [7, 11) is -3.19. The molecule has 0 saturated carbocycles. The second-order valence-electron chi connectivity index (χ2n) is 3.51. The highest BCUT2D eigenvalue weighted by Crippen LogP contribution is 2.22. The predicted molar refractivity (Wildman–Crippen MR) is 66.1 cm³/mol. The summed E-state index contributed by atoms with van der Waals surface area (Å²) in [4.78, 5) is 12.9. The quantitative estimate of drug-likeness (QED) is 0.704. The van der Waals surface area contributed by atoms with Crippen LogP contribution in [0.2, 0.25) is 0 Å². The van der Waals surface area contributed by atoms with E-state index in [9.17, 15) is 13.2 Å². The van der Waals surface area contributed by atoms with Gasteiger partial charge in [0.1, 0.15) is 5.37 Å². The summed E-state index contributed by atoms with van der Waals surface area (Å²) in [5.74, 6) is 1.13. The fraction of sp³-hybridized carbons (Fsp3) is 0.875. The van der Waals surface area contributed by atoms with Gasteiger partial charge in [-0.3, -0.25) is 4.79 Å². The van der Waals surface area contributed by atoms with Gasteiger partial charge >= 0.3 is 0 Å². The third kappa shape index (κ3) is 3.35. The summed E-state index contributed by atoms with van der Waals surface area (Å²) in [6.45, 7) is 2.22. The molecule has 0 bridgehead atoms. The molecule has 7 heteroatoms. The Morgan fingerprint density at radius 3 is 2.67 bits per heavy atom. The van der Waals surface area contributed by atoms with E-state index in [4.69, 9.17) is 0 Å². The van der Waals surface area contributed by atoms with E-state index in [1.807, 2.05) is 0 Å². The number of carbonyl (C=O) groups is 1. The molecule has 0 aromatic heterocycles. The molecule has 0 N–H and O–H groups in total. The van der Waals surface area contributed by atoms with Crippen molar-refractivity contribution < 1.29 is 13.2 Å². The first-order chi connectivity index (χ1) is 6.84. The zero-order chi connectivity index (χ0) is 11.6. The molecular weight excluding hydrogens is 302 g/mol. The smallest absolute Gasteiger partial charge is 0.237 e. The topological polar surface area (TPSA) is 54.5 Å². The SMILES string of the molecule is CC(Br)C(=O)N1CCSCC1S(C)(=O)=O. The lowest BCUT2D eigenvalue weighted by Crippen LogP contribution is -2.51. The van der Waals surface area contributed by atoms with E-state index in [0.717, 1.165) is 5.75 Å². The number of amides is 1. The van der Waals surface area contributed by atoms with Crippen LogP contribution in [-0.4, -0.2) is 53.7 Å². The van der Waals surface area contributed by atoms with Gasteiger partial charge in [0.05, 0.1) is 4.83 Å². The maximum absolute atomic E-state index is 11.8. The van der Waals surface area contributed by atoms with Gasteiger partial charge < -0.3 is 4.90 Å². The Balaban J connectivity index is 2.89. The number of rotatable bonds is 2. The van der Waals surface area contributed by atoms with Crippen molar-refractivity contribution in [1.29, 1.82) is 0 Å². The molecule has 1 aliphatic rings. The van der Waals surface area contributed by atoms with Gasteiger partial charge in [0.15, 0.2) is 9.84 Å². The molecule has 1 rings (SSSR count). The molecule has 0 radical (unpaired) electrons. The van der Waals surface area contributed by atoms with E-state index in [1.165, 1.54) is 11.2 Å². The molecule has 88 valence electrons. The normalized spacial score (nSPS) is 25.0. The lowest BCUT2D eigenvalue weighted by Gasteiger charge is -2.34. The van der Waals surface area contributed by atoms with Crippen molar-refractivity contribution in [2.24, 2.45) is 0 Å². The molecule has 1 heterocycles. The molecule has 0 spiro atoms. The van der Waals surface area contributed by atoms with Crippen molar-refractivity contribution in [3.8, 4) is 0 Å². The molecule has 0 aliphatic carbocycles. The zero-order valence-electron chi connectivity index (χ0n) is 8.64. The largest absolute Gasteiger partial charge is 0.323 e. The Bertz CT molecular complexity index is 342. The fourth-order valence-corrected chi connectivity index (χ4v) is 4.50. The van der Waals surface area contributed by atoms with Crippen LogP contribution in [0.25, 0.3) is 0 Å². The summed E-state index contributed by atoms with van der Waals surface area (Å²) in [6, 6.07) is 0. The van der Waals surface area contributed by atoms with Gasteiger partial charge in [-0.25, -0.2) is 8.42 Å². The molecule has 1 fully saturated rings. The van der Waals surface area contributed by atoms with Crippen molar-refractivity contribution in [3.63, 3.8) is 0 Å². The summed E-state index contributed by atoms with van der Waals surface area (Å²) in [6.07, 6.45) is 1.18. The van der Waals surface area contributed by atoms with Crippen molar-refractivity contribution in [2.75, 3.05) is 24.3 Å². The van der Waals surface area contributed by atoms with E-state index in [2.05, 4.69) is 15.9 Å². The molecule has 4 nitrogen and oxygen atoms in total. The van der Waals surface area contributed by atoms with Crippen LogP contribution in [-0.2, 0) is 14.6 Å². The number of nitrogens with zero attached hydrogens (tertiary/aromatic N) is 1. The van der Waals surface area contributed by atoms with E-state index < -0.39 is 15.2 Å². The first-order valence-corrected chi connectivity index (χ1v) is 8.57. The fourth-order valence-electron chi connectivity index (χ4n) is 1.42. The lowest BCUT2D eigenvalue weighted by atomic mass is 10.4. The van der Waals surface area contributed by atoms with Crippen LogP contribution in [0.15, 0.2) is 0 Å². The highest BCUT2D eigenvalue weighted by Gasteiger charge is 2.35. The number of halogens is 1. The van der Waals surface area contributed by atoms with Gasteiger partial charge in [-0.15, -0.1) is 0 Å². The van der Waals surface area contributed by atoms with Crippen molar-refractivity contribution in [3.05, 3.63) is 0 Å². The molecule has 0 aromatic carbocycles. The van der Waals surface area contributed by atoms with Crippen LogP contribution >= 0.6 is 27.7 Å². The van der Waals surface area contributed by atoms with E-state index in [0.29, 0.717) is 12.3 Å². The van der Waals surface area contributed by atoms with Gasteiger partial charge in [-0.05, 0) is 6.92 Å². The van der Waals surface area contributed by atoms with Crippen LogP contribution < -0.4 is 0 Å². The molecule has 1 aliphatic heterocycles. The second kappa shape index (κ2) is 5.05. The summed E-state index contributed by atoms with van der Waals surface area (Å²) in [5.41, 5.74) is 0. The van der Waals surface area contributed by atoms with Gasteiger partial charge in [-0.2, -0.15) is 11.8 Å². The van der Waals surface area contributed by atoms with Gasteiger partial charge in [0.25, 0.3) is 0 Å². The maximum atomic E-state index is 11.8. The Hall–Kier alpha value is 0.250. The number of hydrogen-bond acceptors (Lipinski definition) is 4. The molecular formula is C8H14BrNO3S2. The lowest BCUT2D eigenvalue weighted by molar-refractivity contribution is -0.130. The Morgan fingerprint density at radius 1 is 1.60 bits per heavy atom. The Labute approximate surface area is 103 Å². The minimum atomic E-state index is -3.19. The third-order valence-corrected chi connectivity index (χ3v) is 5.24. The first-order valence-electron chi connectivity index (χ1n) is 4.55. The number of thioether (sulfide) groups is 1. The standard InChI is InChI=1S/C8H14BrNO3S2/c1-6(9)8(11)10-3-4-14-5-7(10)15(2,12)13/h6-7H,3-5H2,1-2H3. The number of alkyl halides is 1. The number of carbonyl (C=O) groups excluding carboxylic acids is 1. The van der Waals surface area contributed by atoms with E-state index in [-0.39, 0.29) is 10.7 Å². The summed E-state index contributed by atoms with van der Waals surface area (Å²) >= 11 is 4.75. The number of hydrogen-bond donors (Lipinski definition) is 0. The zero-order valence-corrected chi connectivity index (χ0v) is 11.9. The minimum Gasteiger partial charge on any atom is -0.323 e. The monoisotopic (exact) mass is 315 g/mol. The van der Waals surface area contributed by atoms with Crippen molar-refractivity contribution in [2.45, 2.75) is 17.1 Å². The summed E-state index contributed by atoms with van der Waals surface area (Å²) in [5, 5.41) is -0.663. The van der Waals surface area contributed by atoms with Crippen molar-refractivity contribution in [1.82, 2.24) is 4.90 Å². The third-order valence-electron chi connectivity index (χ3n) is 2.20.